The van der Waals surface area contributed by atoms with Crippen LogP contribution >= 0.6 is 0 Å². The number of hydrogen-bond acceptors (Lipinski definition) is 3. The third kappa shape index (κ3) is 2.72. The molecule has 2 N–H and O–H groups in total. The van der Waals surface area contributed by atoms with E-state index in [0.29, 0.717) is 6.54 Å². The minimum absolute atomic E-state index is 0.0441. The molecule has 1 aromatic heterocycles. The van der Waals surface area contributed by atoms with Gasteiger partial charge in [-0.3, -0.25) is 9.69 Å². The van der Waals surface area contributed by atoms with Gasteiger partial charge in [0.05, 0.1) is 6.54 Å². The second-order valence-electron chi connectivity index (χ2n) is 5.96. The normalized spacial score (nSPS) is 21.4. The van der Waals surface area contributed by atoms with E-state index in [1.807, 2.05) is 11.1 Å². The van der Waals surface area contributed by atoms with Crippen LogP contribution in [0.4, 0.5) is 0 Å². The van der Waals surface area contributed by atoms with Gasteiger partial charge in [-0.05, 0) is 19.4 Å². The molecule has 1 saturated heterocycles. The Morgan fingerprint density at radius 3 is 2.89 bits per heavy atom. The molecule has 5 nitrogen and oxygen atoms in total. The lowest BCUT2D eigenvalue weighted by atomic mass is 9.93. The third-order valence-corrected chi connectivity index (χ3v) is 3.44. The summed E-state index contributed by atoms with van der Waals surface area (Å²) in [5.74, 6) is 0.128. The molecule has 2 heterocycles. The fourth-order valence-electron chi connectivity index (χ4n) is 2.31. The average molecular weight is 251 g/mol. The second-order valence-corrected chi connectivity index (χ2v) is 5.96. The van der Waals surface area contributed by atoms with Crippen LogP contribution in [0.5, 0.6) is 0 Å². The third-order valence-electron chi connectivity index (χ3n) is 3.44. The number of nitrogens with zero attached hydrogens (tertiary/aromatic N) is 2. The molecule has 0 aliphatic carbocycles. The second kappa shape index (κ2) is 4.72. The molecule has 0 saturated carbocycles. The van der Waals surface area contributed by atoms with Crippen LogP contribution in [-0.2, 0) is 16.8 Å². The van der Waals surface area contributed by atoms with Crippen molar-refractivity contribution in [3.8, 4) is 0 Å². The lowest BCUT2D eigenvalue weighted by Crippen LogP contribution is -2.35. The van der Waals surface area contributed by atoms with Gasteiger partial charge in [0.2, 0.25) is 0 Å². The highest BCUT2D eigenvalue weighted by molar-refractivity contribution is 5.73. The number of H-pyrrole nitrogens is 1. The molecule has 1 aliphatic heterocycles. The molecule has 1 atom stereocenters. The molecule has 1 aromatic rings. The number of carboxylic acid groups (broad SMARTS) is 1. The Balaban J connectivity index is 2.05. The molecular weight excluding hydrogens is 230 g/mol. The van der Waals surface area contributed by atoms with E-state index in [1.165, 1.54) is 0 Å². The predicted octanol–water partition coefficient (Wildman–Crippen LogP) is 1.76. The Morgan fingerprint density at radius 1 is 1.61 bits per heavy atom. The van der Waals surface area contributed by atoms with Gasteiger partial charge in [0.25, 0.3) is 0 Å². The summed E-state index contributed by atoms with van der Waals surface area (Å²) in [6.45, 7) is 7.80. The van der Waals surface area contributed by atoms with Gasteiger partial charge in [0.1, 0.15) is 11.9 Å². The van der Waals surface area contributed by atoms with E-state index in [1.54, 1.807) is 0 Å². The first-order valence-electron chi connectivity index (χ1n) is 6.39. The van der Waals surface area contributed by atoms with Crippen LogP contribution in [0.3, 0.4) is 0 Å². The molecule has 0 amide bonds. The smallest absolute Gasteiger partial charge is 0.320 e. The van der Waals surface area contributed by atoms with E-state index in [2.05, 4.69) is 30.7 Å². The fraction of sp³-hybridized carbons (Fsp3) is 0.692. The number of carboxylic acids is 1. The molecule has 1 unspecified atom stereocenters. The molecule has 1 fully saturated rings. The van der Waals surface area contributed by atoms with Crippen LogP contribution in [0.25, 0.3) is 0 Å². The van der Waals surface area contributed by atoms with E-state index < -0.39 is 5.97 Å². The highest BCUT2D eigenvalue weighted by Gasteiger charge is 2.31. The summed E-state index contributed by atoms with van der Waals surface area (Å²) in [4.78, 5) is 20.7. The summed E-state index contributed by atoms with van der Waals surface area (Å²) in [7, 11) is 0. The maximum Gasteiger partial charge on any atom is 0.320 e. The zero-order valence-corrected chi connectivity index (χ0v) is 11.2. The van der Waals surface area contributed by atoms with Crippen LogP contribution in [0.2, 0.25) is 0 Å². The first kappa shape index (κ1) is 13.1. The van der Waals surface area contributed by atoms with Crippen LogP contribution in [0, 0.1) is 0 Å². The molecule has 18 heavy (non-hydrogen) atoms. The summed E-state index contributed by atoms with van der Waals surface area (Å²) < 4.78 is 0. The number of nitrogens with one attached hydrogen (secondary N) is 1. The van der Waals surface area contributed by atoms with Gasteiger partial charge in [-0.25, -0.2) is 4.98 Å². The van der Waals surface area contributed by atoms with E-state index in [4.69, 9.17) is 5.11 Å². The first-order valence-corrected chi connectivity index (χ1v) is 6.39. The van der Waals surface area contributed by atoms with Gasteiger partial charge in [0.15, 0.2) is 0 Å². The Hall–Kier alpha value is -1.36. The van der Waals surface area contributed by atoms with Crippen LogP contribution in [-0.4, -0.2) is 38.5 Å². The molecule has 5 heteroatoms. The summed E-state index contributed by atoms with van der Waals surface area (Å²) in [5, 5.41) is 9.12. The van der Waals surface area contributed by atoms with Crippen molar-refractivity contribution in [2.45, 2.75) is 51.6 Å². The lowest BCUT2D eigenvalue weighted by Gasteiger charge is -2.20. The van der Waals surface area contributed by atoms with E-state index in [-0.39, 0.29) is 11.5 Å². The molecule has 2 rings (SSSR count). The van der Waals surface area contributed by atoms with Gasteiger partial charge < -0.3 is 10.1 Å². The molecular formula is C13H21N3O2. The number of aliphatic carboxylic acids is 1. The Kier molecular flexibility index (Phi) is 3.43. The quantitative estimate of drug-likeness (QED) is 0.858. The highest BCUT2D eigenvalue weighted by Crippen LogP contribution is 2.22. The van der Waals surface area contributed by atoms with E-state index >= 15 is 0 Å². The minimum atomic E-state index is -0.727. The van der Waals surface area contributed by atoms with Crippen molar-refractivity contribution in [1.82, 2.24) is 14.9 Å². The maximum absolute atomic E-state index is 11.1. The van der Waals surface area contributed by atoms with Crippen molar-refractivity contribution in [3.63, 3.8) is 0 Å². The monoisotopic (exact) mass is 251 g/mol. The number of aromatic nitrogens is 2. The fourth-order valence-corrected chi connectivity index (χ4v) is 2.31. The molecule has 1 aliphatic rings. The van der Waals surface area contributed by atoms with E-state index in [9.17, 15) is 4.79 Å². The minimum Gasteiger partial charge on any atom is -0.480 e. The largest absolute Gasteiger partial charge is 0.480 e. The van der Waals surface area contributed by atoms with Crippen molar-refractivity contribution in [3.05, 3.63) is 17.7 Å². The van der Waals surface area contributed by atoms with E-state index in [0.717, 1.165) is 30.9 Å². The Bertz CT molecular complexity index is 434. The summed E-state index contributed by atoms with van der Waals surface area (Å²) in [6, 6.07) is -0.354. The van der Waals surface area contributed by atoms with Gasteiger partial charge in [-0.2, -0.15) is 0 Å². The van der Waals surface area contributed by atoms with Gasteiger partial charge in [-0.15, -0.1) is 0 Å². The van der Waals surface area contributed by atoms with Gasteiger partial charge in [-0.1, -0.05) is 20.8 Å². The van der Waals surface area contributed by atoms with Crippen molar-refractivity contribution in [1.29, 1.82) is 0 Å². The Labute approximate surface area is 107 Å². The molecule has 0 bridgehead atoms. The summed E-state index contributed by atoms with van der Waals surface area (Å²) in [5.41, 5.74) is 1.13. The van der Waals surface area contributed by atoms with Crippen molar-refractivity contribution < 1.29 is 9.90 Å². The number of hydrogen-bond donors (Lipinski definition) is 2. The zero-order chi connectivity index (χ0) is 13.3. The van der Waals surface area contributed by atoms with Crippen molar-refractivity contribution in [2.75, 3.05) is 6.54 Å². The number of imidazole rings is 1. The first-order chi connectivity index (χ1) is 8.38. The maximum atomic E-state index is 11.1. The zero-order valence-electron chi connectivity index (χ0n) is 11.2. The van der Waals surface area contributed by atoms with Gasteiger partial charge in [0, 0.05) is 17.3 Å². The molecule has 100 valence electrons. The topological polar surface area (TPSA) is 69.2 Å². The average Bonchev–Trinajstić information content (AvgIpc) is 2.85. The highest BCUT2D eigenvalue weighted by atomic mass is 16.4. The summed E-state index contributed by atoms with van der Waals surface area (Å²) >= 11 is 0. The standard InChI is InChI=1S/C13H21N3O2/c1-13(2,3)10-7-14-11(15-10)8-16-6-4-5-9(16)12(17)18/h7,9H,4-6,8H2,1-3H3,(H,14,15)(H,17,18). The van der Waals surface area contributed by atoms with Crippen molar-refractivity contribution >= 4 is 5.97 Å². The molecule has 0 radical (unpaired) electrons. The number of likely N-dealkylation sites (tertiary alicyclic amines) is 1. The van der Waals surface area contributed by atoms with Crippen LogP contribution < -0.4 is 0 Å². The van der Waals surface area contributed by atoms with Crippen LogP contribution in [0.1, 0.15) is 45.1 Å². The van der Waals surface area contributed by atoms with Crippen LogP contribution in [0.15, 0.2) is 6.20 Å². The van der Waals surface area contributed by atoms with Crippen molar-refractivity contribution in [2.24, 2.45) is 0 Å². The number of rotatable bonds is 3. The summed E-state index contributed by atoms with van der Waals surface area (Å²) in [6.07, 6.45) is 3.53. The number of carbonyl (C=O) groups is 1. The SMILES string of the molecule is CC(C)(C)c1cnc(CN2CCCC2C(=O)O)[nH]1. The number of aromatic amines is 1. The van der Waals surface area contributed by atoms with Gasteiger partial charge >= 0.3 is 5.97 Å². The molecule has 0 spiro atoms. The Morgan fingerprint density at radius 2 is 2.33 bits per heavy atom. The molecule has 0 aromatic carbocycles. The predicted molar refractivity (Wildman–Crippen MR) is 68.4 cm³/mol. The lowest BCUT2D eigenvalue weighted by molar-refractivity contribution is -0.142.